The second-order valence-corrected chi connectivity index (χ2v) is 8.56. The number of thioether (sulfide) groups is 1. The molecular weight excluding hydrogens is 404 g/mol. The van der Waals surface area contributed by atoms with Crippen molar-refractivity contribution in [3.05, 3.63) is 60.2 Å². The van der Waals surface area contributed by atoms with Crippen LogP contribution in [0.1, 0.15) is 18.4 Å². The summed E-state index contributed by atoms with van der Waals surface area (Å²) in [5, 5.41) is 11.1. The number of benzene rings is 2. The van der Waals surface area contributed by atoms with Gasteiger partial charge in [0.25, 0.3) is 0 Å². The minimum atomic E-state index is -0.241. The summed E-state index contributed by atoms with van der Waals surface area (Å²) in [5.74, 6) is 0.336. The van der Waals surface area contributed by atoms with Crippen LogP contribution in [-0.4, -0.2) is 33.4 Å². The molecule has 3 N–H and O–H groups in total. The van der Waals surface area contributed by atoms with E-state index in [0.29, 0.717) is 15.3 Å². The van der Waals surface area contributed by atoms with Crippen molar-refractivity contribution in [3.8, 4) is 0 Å². The molecule has 2 heterocycles. The quantitative estimate of drug-likeness (QED) is 0.619. The maximum Gasteiger partial charge on any atom is 0.235 e. The third-order valence-corrected chi connectivity index (χ3v) is 6.15. The predicted octanol–water partition coefficient (Wildman–Crippen LogP) is 3.95. The van der Waals surface area contributed by atoms with Crippen LogP contribution < -0.4 is 11.1 Å². The number of amidine groups is 1. The molecule has 7 nitrogen and oxygen atoms in total. The number of carbonyl (C=O) groups is 1. The molecule has 0 bridgehead atoms. The Hall–Kier alpha value is -3.04. The summed E-state index contributed by atoms with van der Waals surface area (Å²) < 4.78 is 0.656. The molecule has 1 aliphatic heterocycles. The minimum absolute atomic E-state index is 0.171. The molecular formula is C20H18N6OS2. The van der Waals surface area contributed by atoms with Crippen molar-refractivity contribution in [3.63, 3.8) is 0 Å². The smallest absolute Gasteiger partial charge is 0.235 e. The summed E-state index contributed by atoms with van der Waals surface area (Å²) >= 11 is 2.55. The lowest BCUT2D eigenvalue weighted by Crippen LogP contribution is -2.38. The van der Waals surface area contributed by atoms with E-state index in [9.17, 15) is 4.79 Å². The first-order valence-corrected chi connectivity index (χ1v) is 10.7. The van der Waals surface area contributed by atoms with Gasteiger partial charge in [-0.25, -0.2) is 4.99 Å². The van der Waals surface area contributed by atoms with Crippen molar-refractivity contribution >= 4 is 57.1 Å². The van der Waals surface area contributed by atoms with Crippen molar-refractivity contribution in [1.82, 2.24) is 15.5 Å². The van der Waals surface area contributed by atoms with Crippen LogP contribution in [0.5, 0.6) is 0 Å². The fourth-order valence-corrected chi connectivity index (χ4v) is 4.47. The van der Waals surface area contributed by atoms with E-state index in [1.807, 2.05) is 61.5 Å². The number of hydrogen-bond donors (Lipinski definition) is 2. The van der Waals surface area contributed by atoms with Gasteiger partial charge in [-0.05, 0) is 24.6 Å². The van der Waals surface area contributed by atoms with E-state index in [4.69, 9.17) is 15.7 Å². The summed E-state index contributed by atoms with van der Waals surface area (Å²) in [7, 11) is 0. The zero-order valence-corrected chi connectivity index (χ0v) is 17.2. The highest BCUT2D eigenvalue weighted by molar-refractivity contribution is 8.01. The van der Waals surface area contributed by atoms with Gasteiger partial charge in [-0.15, -0.1) is 10.2 Å². The fourth-order valence-electron chi connectivity index (χ4n) is 3.03. The first kappa shape index (κ1) is 19.3. The van der Waals surface area contributed by atoms with Crippen LogP contribution >= 0.6 is 23.1 Å². The number of nitrogens with two attached hydrogens (primary N) is 1. The van der Waals surface area contributed by atoms with Gasteiger partial charge in [-0.3, -0.25) is 9.79 Å². The highest BCUT2D eigenvalue weighted by atomic mass is 32.2. The Morgan fingerprint density at radius 1 is 1.07 bits per heavy atom. The number of hydrogen-bond acceptors (Lipinski definition) is 8. The molecule has 1 amide bonds. The van der Waals surface area contributed by atoms with E-state index in [1.54, 1.807) is 0 Å². The van der Waals surface area contributed by atoms with Gasteiger partial charge in [0.2, 0.25) is 11.0 Å². The van der Waals surface area contributed by atoms with Gasteiger partial charge in [0.1, 0.15) is 5.84 Å². The highest BCUT2D eigenvalue weighted by Crippen LogP contribution is 2.34. The van der Waals surface area contributed by atoms with Gasteiger partial charge in [0, 0.05) is 5.71 Å². The number of nitrogens with zero attached hydrogens (tertiary/aromatic N) is 4. The number of para-hydroxylation sites is 2. The molecule has 4 rings (SSSR count). The van der Waals surface area contributed by atoms with Crippen LogP contribution in [0.15, 0.2) is 68.9 Å². The van der Waals surface area contributed by atoms with Crippen molar-refractivity contribution in [2.45, 2.75) is 17.2 Å². The SMILES string of the molecule is CC1=Nc2ccccc2N=C(NC(=O)CSc2nnc(N)s2)[C@H]1c1ccccc1. The predicted molar refractivity (Wildman–Crippen MR) is 119 cm³/mol. The molecule has 2 aromatic carbocycles. The number of anilines is 1. The maximum absolute atomic E-state index is 12.7. The second kappa shape index (κ2) is 8.54. The standard InChI is InChI=1S/C20H18N6OS2/c1-12-17(13-7-3-2-4-8-13)18(23-15-10-6-5-9-14(15)22-12)24-16(27)11-28-20-26-25-19(21)29-20/h2-10,17H,11H2,1H3,(H2,21,25)(H,23,24,27)/t17-/m1/s1. The van der Waals surface area contributed by atoms with E-state index in [-0.39, 0.29) is 17.6 Å². The Bertz CT molecular complexity index is 1090. The molecule has 0 fully saturated rings. The van der Waals surface area contributed by atoms with Gasteiger partial charge >= 0.3 is 0 Å². The number of nitrogen functional groups attached to an aromatic ring is 1. The van der Waals surface area contributed by atoms with E-state index in [1.165, 1.54) is 23.1 Å². The first-order valence-electron chi connectivity index (χ1n) is 8.89. The van der Waals surface area contributed by atoms with Gasteiger partial charge in [0.05, 0.1) is 23.0 Å². The lowest BCUT2D eigenvalue weighted by Gasteiger charge is -2.19. The van der Waals surface area contributed by atoms with Gasteiger partial charge < -0.3 is 11.1 Å². The lowest BCUT2D eigenvalue weighted by atomic mass is 9.93. The summed E-state index contributed by atoms with van der Waals surface area (Å²) in [6.45, 7) is 1.96. The number of aliphatic imine (C=N–C) groups is 2. The molecule has 1 aliphatic rings. The molecule has 3 aromatic rings. The molecule has 1 aromatic heterocycles. The Kier molecular flexibility index (Phi) is 5.68. The summed E-state index contributed by atoms with van der Waals surface area (Å²) in [6, 6.07) is 17.6. The van der Waals surface area contributed by atoms with E-state index < -0.39 is 0 Å². The van der Waals surface area contributed by atoms with Crippen LogP contribution in [0.25, 0.3) is 0 Å². The van der Waals surface area contributed by atoms with Crippen molar-refractivity contribution < 1.29 is 4.79 Å². The molecule has 9 heteroatoms. The molecule has 1 atom stereocenters. The van der Waals surface area contributed by atoms with Crippen molar-refractivity contribution in [2.75, 3.05) is 11.5 Å². The zero-order chi connectivity index (χ0) is 20.2. The normalized spacial score (nSPS) is 15.7. The third-order valence-electron chi connectivity index (χ3n) is 4.26. The van der Waals surface area contributed by atoms with Crippen LogP contribution in [0.2, 0.25) is 0 Å². The zero-order valence-electron chi connectivity index (χ0n) is 15.6. The van der Waals surface area contributed by atoms with E-state index in [0.717, 1.165) is 22.6 Å². The largest absolute Gasteiger partial charge is 0.374 e. The molecule has 0 saturated heterocycles. The third kappa shape index (κ3) is 4.52. The molecule has 29 heavy (non-hydrogen) atoms. The Morgan fingerprint density at radius 2 is 1.76 bits per heavy atom. The Morgan fingerprint density at radius 3 is 2.45 bits per heavy atom. The summed E-state index contributed by atoms with van der Waals surface area (Å²) in [6.07, 6.45) is 0. The average Bonchev–Trinajstić information content (AvgIpc) is 3.08. The van der Waals surface area contributed by atoms with Crippen LogP contribution in [-0.2, 0) is 4.79 Å². The number of aromatic nitrogens is 2. The lowest BCUT2D eigenvalue weighted by molar-refractivity contribution is -0.117. The molecule has 0 radical (unpaired) electrons. The van der Waals surface area contributed by atoms with Gasteiger partial charge in [-0.1, -0.05) is 65.6 Å². The van der Waals surface area contributed by atoms with Crippen molar-refractivity contribution in [2.24, 2.45) is 9.98 Å². The first-order chi connectivity index (χ1) is 14.1. The number of nitrogens with one attached hydrogen (secondary N) is 1. The van der Waals surface area contributed by atoms with Crippen LogP contribution in [0, 0.1) is 0 Å². The van der Waals surface area contributed by atoms with Gasteiger partial charge in [0.15, 0.2) is 4.34 Å². The Balaban J connectivity index is 1.62. The van der Waals surface area contributed by atoms with E-state index >= 15 is 0 Å². The molecule has 0 spiro atoms. The van der Waals surface area contributed by atoms with Crippen LogP contribution in [0.4, 0.5) is 16.5 Å². The topological polar surface area (TPSA) is 106 Å². The average molecular weight is 423 g/mol. The monoisotopic (exact) mass is 422 g/mol. The van der Waals surface area contributed by atoms with Crippen LogP contribution in [0.3, 0.4) is 0 Å². The molecule has 146 valence electrons. The van der Waals surface area contributed by atoms with Gasteiger partial charge in [-0.2, -0.15) is 0 Å². The molecule has 0 saturated carbocycles. The fraction of sp³-hybridized carbons (Fsp3) is 0.150. The number of fused-ring (bicyclic) bond motifs is 1. The summed E-state index contributed by atoms with van der Waals surface area (Å²) in [5.41, 5.74) is 8.99. The highest BCUT2D eigenvalue weighted by Gasteiger charge is 2.26. The van der Waals surface area contributed by atoms with E-state index in [2.05, 4.69) is 15.5 Å². The number of rotatable bonds is 4. The molecule has 0 unspecified atom stereocenters. The molecule has 0 aliphatic carbocycles. The maximum atomic E-state index is 12.7. The number of amides is 1. The Labute approximate surface area is 176 Å². The number of carbonyl (C=O) groups excluding carboxylic acids is 1. The minimum Gasteiger partial charge on any atom is -0.374 e. The summed E-state index contributed by atoms with van der Waals surface area (Å²) in [4.78, 5) is 22.2. The second-order valence-electron chi connectivity index (χ2n) is 6.33. The van der Waals surface area contributed by atoms with Crippen molar-refractivity contribution in [1.29, 1.82) is 0 Å².